The number of hydrogen-bond donors (Lipinski definition) is 1. The molecule has 0 fully saturated rings. The van der Waals surface area contributed by atoms with E-state index in [1.807, 2.05) is 32.0 Å². The summed E-state index contributed by atoms with van der Waals surface area (Å²) in [6.07, 6.45) is 2.09. The summed E-state index contributed by atoms with van der Waals surface area (Å²) in [6, 6.07) is 9.00. The second-order valence-electron chi connectivity index (χ2n) is 4.83. The van der Waals surface area contributed by atoms with Gasteiger partial charge in [-0.05, 0) is 24.8 Å². The summed E-state index contributed by atoms with van der Waals surface area (Å²) in [5.41, 5.74) is -0.944. The van der Waals surface area contributed by atoms with Crippen LogP contribution >= 0.6 is 0 Å². The zero-order valence-corrected chi connectivity index (χ0v) is 13.4. The fourth-order valence-electron chi connectivity index (χ4n) is 2.25. The number of halogens is 1. The molecule has 0 spiro atoms. The van der Waals surface area contributed by atoms with E-state index >= 15 is 0 Å². The van der Waals surface area contributed by atoms with Crippen molar-refractivity contribution in [2.45, 2.75) is 45.6 Å². The van der Waals surface area contributed by atoms with Crippen LogP contribution in [-0.4, -0.2) is 24.9 Å². The normalized spacial score (nSPS) is 13.1. The highest BCUT2D eigenvalue weighted by molar-refractivity contribution is 5.81. The highest BCUT2D eigenvalue weighted by atomic mass is 19.1. The van der Waals surface area contributed by atoms with Gasteiger partial charge in [-0.2, -0.15) is 0 Å². The summed E-state index contributed by atoms with van der Waals surface area (Å²) in [6.45, 7) is 5.55. The minimum absolute atomic E-state index is 0.141. The van der Waals surface area contributed by atoms with Gasteiger partial charge in [0.25, 0.3) is 0 Å². The largest absolute Gasteiger partial charge is 0.467 e. The Labute approximate surface area is 127 Å². The maximum atomic E-state index is 11.9. The molecule has 3 nitrogen and oxygen atoms in total. The first-order valence-corrected chi connectivity index (χ1v) is 7.44. The van der Waals surface area contributed by atoms with Crippen LogP contribution in [0.15, 0.2) is 30.3 Å². The first-order chi connectivity index (χ1) is 10.0. The van der Waals surface area contributed by atoms with E-state index in [-0.39, 0.29) is 12.6 Å². The lowest BCUT2D eigenvalue weighted by atomic mass is 9.78. The van der Waals surface area contributed by atoms with Crippen molar-refractivity contribution in [2.75, 3.05) is 13.8 Å². The van der Waals surface area contributed by atoms with Crippen molar-refractivity contribution >= 4 is 5.97 Å². The molecule has 0 saturated heterocycles. The summed E-state index contributed by atoms with van der Waals surface area (Å²) in [7, 11) is 1.30. The molecule has 0 bridgehead atoms. The number of methoxy groups -OCH3 is 1. The van der Waals surface area contributed by atoms with Gasteiger partial charge in [-0.3, -0.25) is 4.39 Å². The van der Waals surface area contributed by atoms with E-state index in [1.165, 1.54) is 7.11 Å². The summed E-state index contributed by atoms with van der Waals surface area (Å²) in [5.74, 6) is -0.727. The zero-order valence-electron chi connectivity index (χ0n) is 13.4. The predicted molar refractivity (Wildman–Crippen MR) is 82.7 cm³/mol. The number of esters is 1. The van der Waals surface area contributed by atoms with Crippen molar-refractivity contribution in [1.29, 1.82) is 0 Å². The minimum atomic E-state index is -1.54. The average Bonchev–Trinajstić information content (AvgIpc) is 2.55. The fraction of sp³-hybridized carbons (Fsp3) is 0.588. The molecule has 0 aliphatic heterocycles. The van der Waals surface area contributed by atoms with Gasteiger partial charge in [0.2, 0.25) is 0 Å². The third kappa shape index (κ3) is 5.12. The number of ether oxygens (including phenoxy) is 1. The van der Waals surface area contributed by atoms with E-state index in [4.69, 9.17) is 4.74 Å². The van der Waals surface area contributed by atoms with Crippen LogP contribution in [0.4, 0.5) is 4.39 Å². The standard InChI is InChI=1S/C14H20O3.C3H7F/c1-4-11(5-2)14(16,13(15)17-3)12-9-7-6-8-10-12;1-2-3-4/h6-11,16H,4-5H2,1-3H3;2-3H2,1H3/t14-;/m1./s1. The van der Waals surface area contributed by atoms with Crippen LogP contribution in [0.5, 0.6) is 0 Å². The van der Waals surface area contributed by atoms with Crippen LogP contribution in [0.3, 0.4) is 0 Å². The van der Waals surface area contributed by atoms with E-state index in [0.717, 1.165) is 12.8 Å². The number of benzene rings is 1. The number of hydrogen-bond acceptors (Lipinski definition) is 3. The number of carbonyl (C=O) groups is 1. The van der Waals surface area contributed by atoms with Gasteiger partial charge in [0.05, 0.1) is 13.8 Å². The number of alkyl halides is 1. The van der Waals surface area contributed by atoms with Crippen LogP contribution in [0.25, 0.3) is 0 Å². The molecule has 1 atom stereocenters. The molecular weight excluding hydrogens is 271 g/mol. The average molecular weight is 298 g/mol. The molecular formula is C17H27FO3. The molecule has 0 amide bonds. The molecule has 1 rings (SSSR count). The van der Waals surface area contributed by atoms with Crippen molar-refractivity contribution in [3.05, 3.63) is 35.9 Å². The maximum Gasteiger partial charge on any atom is 0.342 e. The Morgan fingerprint density at radius 2 is 1.71 bits per heavy atom. The van der Waals surface area contributed by atoms with Gasteiger partial charge in [-0.1, -0.05) is 51.1 Å². The molecule has 0 saturated carbocycles. The molecule has 1 N–H and O–H groups in total. The highest BCUT2D eigenvalue weighted by Crippen LogP contribution is 2.35. The van der Waals surface area contributed by atoms with Crippen molar-refractivity contribution in [3.8, 4) is 0 Å². The second-order valence-corrected chi connectivity index (χ2v) is 4.83. The molecule has 0 heterocycles. The quantitative estimate of drug-likeness (QED) is 0.811. The van der Waals surface area contributed by atoms with E-state index in [0.29, 0.717) is 12.0 Å². The number of rotatable bonds is 6. The Morgan fingerprint density at radius 1 is 1.24 bits per heavy atom. The van der Waals surface area contributed by atoms with Crippen molar-refractivity contribution in [1.82, 2.24) is 0 Å². The van der Waals surface area contributed by atoms with Crippen LogP contribution < -0.4 is 0 Å². The summed E-state index contributed by atoms with van der Waals surface area (Å²) in [4.78, 5) is 11.9. The Hall–Kier alpha value is -1.42. The summed E-state index contributed by atoms with van der Waals surface area (Å²) >= 11 is 0. The molecule has 0 radical (unpaired) electrons. The van der Waals surface area contributed by atoms with E-state index in [9.17, 15) is 14.3 Å². The number of aliphatic hydroxyl groups is 1. The molecule has 1 aromatic carbocycles. The lowest BCUT2D eigenvalue weighted by Gasteiger charge is -2.33. The third-order valence-corrected chi connectivity index (χ3v) is 3.48. The first kappa shape index (κ1) is 19.6. The molecule has 4 heteroatoms. The van der Waals surface area contributed by atoms with Crippen LogP contribution in [-0.2, 0) is 15.1 Å². The highest BCUT2D eigenvalue weighted by Gasteiger charge is 2.44. The van der Waals surface area contributed by atoms with Crippen molar-refractivity contribution in [3.63, 3.8) is 0 Å². The van der Waals surface area contributed by atoms with E-state index < -0.39 is 11.6 Å². The lowest BCUT2D eigenvalue weighted by Crippen LogP contribution is -2.43. The van der Waals surface area contributed by atoms with Gasteiger partial charge in [-0.25, -0.2) is 4.79 Å². The van der Waals surface area contributed by atoms with E-state index in [2.05, 4.69) is 0 Å². The summed E-state index contributed by atoms with van der Waals surface area (Å²) in [5, 5.41) is 10.7. The topological polar surface area (TPSA) is 46.5 Å². The Balaban J connectivity index is 0.000000885. The molecule has 0 aromatic heterocycles. The molecule has 0 aliphatic carbocycles. The molecule has 0 aliphatic rings. The lowest BCUT2D eigenvalue weighted by molar-refractivity contribution is -0.171. The smallest absolute Gasteiger partial charge is 0.342 e. The van der Waals surface area contributed by atoms with Gasteiger partial charge in [0, 0.05) is 5.92 Å². The SMILES string of the molecule is CCC(CC)[C@](O)(C(=O)OC)c1ccccc1.CCCF. The molecule has 0 unspecified atom stereocenters. The monoisotopic (exact) mass is 298 g/mol. The van der Waals surface area contributed by atoms with Crippen LogP contribution in [0.2, 0.25) is 0 Å². The zero-order chi connectivity index (χ0) is 16.3. The minimum Gasteiger partial charge on any atom is -0.467 e. The van der Waals surface area contributed by atoms with Gasteiger partial charge < -0.3 is 9.84 Å². The fourth-order valence-corrected chi connectivity index (χ4v) is 2.25. The second kappa shape index (κ2) is 10.3. The van der Waals surface area contributed by atoms with Gasteiger partial charge in [-0.15, -0.1) is 0 Å². The Kier molecular flexibility index (Phi) is 9.63. The number of carbonyl (C=O) groups excluding carboxylic acids is 1. The molecule has 120 valence electrons. The van der Waals surface area contributed by atoms with Gasteiger partial charge in [0.15, 0.2) is 5.60 Å². The van der Waals surface area contributed by atoms with Crippen molar-refractivity contribution < 1.29 is 19.0 Å². The van der Waals surface area contributed by atoms with Crippen LogP contribution in [0.1, 0.15) is 45.6 Å². The molecule has 21 heavy (non-hydrogen) atoms. The molecule has 1 aromatic rings. The third-order valence-electron chi connectivity index (χ3n) is 3.48. The predicted octanol–water partition coefficient (Wildman–Crippen LogP) is 3.85. The Bertz CT molecular complexity index is 388. The van der Waals surface area contributed by atoms with Crippen molar-refractivity contribution in [2.24, 2.45) is 5.92 Å². The first-order valence-electron chi connectivity index (χ1n) is 7.44. The van der Waals surface area contributed by atoms with E-state index in [1.54, 1.807) is 19.1 Å². The van der Waals surface area contributed by atoms with Gasteiger partial charge >= 0.3 is 5.97 Å². The Morgan fingerprint density at radius 3 is 2.05 bits per heavy atom. The summed E-state index contributed by atoms with van der Waals surface area (Å²) < 4.78 is 15.5. The van der Waals surface area contributed by atoms with Crippen LogP contribution in [0, 0.1) is 5.92 Å². The maximum absolute atomic E-state index is 11.9. The van der Waals surface area contributed by atoms with Gasteiger partial charge in [0.1, 0.15) is 0 Å².